The second kappa shape index (κ2) is 34.4. The van der Waals surface area contributed by atoms with Gasteiger partial charge < -0.3 is 19.6 Å². The molecule has 64 heavy (non-hydrogen) atoms. The number of hydrogen-bond donors (Lipinski definition) is 0. The van der Waals surface area contributed by atoms with Crippen LogP contribution in [0.25, 0.3) is 0 Å². The number of nitrogens with zero attached hydrogens (tertiary/aromatic N) is 4. The van der Waals surface area contributed by atoms with Gasteiger partial charge in [0.1, 0.15) is 0 Å². The largest absolute Gasteiger partial charge is 0.373 e. The summed E-state index contributed by atoms with van der Waals surface area (Å²) < 4.78 is 0. The molecule has 0 aliphatic carbocycles. The van der Waals surface area contributed by atoms with Gasteiger partial charge >= 0.3 is 0 Å². The molecule has 4 heteroatoms. The van der Waals surface area contributed by atoms with Crippen LogP contribution < -0.4 is 0 Å². The van der Waals surface area contributed by atoms with Gasteiger partial charge in [0, 0.05) is 52.4 Å². The molecule has 0 saturated heterocycles. The Labute approximate surface area is 394 Å². The third kappa shape index (κ3) is 24.4. The summed E-state index contributed by atoms with van der Waals surface area (Å²) in [5, 5.41) is 0. The van der Waals surface area contributed by atoms with E-state index in [9.17, 15) is 0 Å². The first-order valence-corrected chi connectivity index (χ1v) is 26.8. The van der Waals surface area contributed by atoms with E-state index in [0.717, 1.165) is 78.0 Å². The minimum Gasteiger partial charge on any atom is -0.373 e. The molecule has 0 saturated carbocycles. The highest BCUT2D eigenvalue weighted by Gasteiger charge is 2.10. The lowest BCUT2D eigenvalue weighted by Crippen LogP contribution is -2.23. The maximum Gasteiger partial charge on any atom is 0.0386 e. The van der Waals surface area contributed by atoms with Crippen molar-refractivity contribution >= 4 is 0 Å². The second-order valence-electron chi connectivity index (χ2n) is 19.4. The van der Waals surface area contributed by atoms with Gasteiger partial charge in [-0.25, -0.2) is 0 Å². The summed E-state index contributed by atoms with van der Waals surface area (Å²) in [6, 6.07) is 0. The predicted octanol–water partition coefficient (Wildman–Crippen LogP) is 16.2. The Morgan fingerprint density at radius 3 is 0.703 bits per heavy atom. The zero-order chi connectivity index (χ0) is 44.2. The Morgan fingerprint density at radius 2 is 0.453 bits per heavy atom. The Morgan fingerprint density at radius 1 is 0.234 bits per heavy atom. The highest BCUT2D eigenvalue weighted by Crippen LogP contribution is 2.21. The van der Waals surface area contributed by atoms with Crippen LogP contribution in [0.3, 0.4) is 0 Å². The maximum atomic E-state index is 2.52. The molecule has 0 aromatic heterocycles. The normalized spacial score (nSPS) is 23.0. The summed E-state index contributed by atoms with van der Waals surface area (Å²) in [4.78, 5) is 10.1. The molecule has 352 valence electrons. The van der Waals surface area contributed by atoms with Gasteiger partial charge in [-0.2, -0.15) is 0 Å². The summed E-state index contributed by atoms with van der Waals surface area (Å²) in [6.07, 6.45) is 83.2. The van der Waals surface area contributed by atoms with Crippen LogP contribution in [-0.4, -0.2) is 72.0 Å². The van der Waals surface area contributed by atoms with Crippen molar-refractivity contribution in [2.24, 2.45) is 0 Å². The van der Waals surface area contributed by atoms with Crippen molar-refractivity contribution in [3.63, 3.8) is 0 Å². The monoisotopic (exact) mass is 869 g/mol. The van der Waals surface area contributed by atoms with Gasteiger partial charge in [0.2, 0.25) is 0 Å². The topological polar surface area (TPSA) is 13.0 Å². The van der Waals surface area contributed by atoms with Gasteiger partial charge in [-0.05, 0) is 178 Å². The Balaban J connectivity index is 0.950. The van der Waals surface area contributed by atoms with Crippen molar-refractivity contribution in [1.29, 1.82) is 0 Å². The van der Waals surface area contributed by atoms with Crippen LogP contribution in [0.4, 0.5) is 0 Å². The molecule has 4 nitrogen and oxygen atoms in total. The molecule has 0 fully saturated rings. The van der Waals surface area contributed by atoms with E-state index in [4.69, 9.17) is 0 Å². The van der Waals surface area contributed by atoms with Crippen molar-refractivity contribution in [3.8, 4) is 0 Å². The van der Waals surface area contributed by atoms with Crippen molar-refractivity contribution in [2.45, 2.75) is 180 Å². The molecule has 8 bridgehead atoms. The summed E-state index contributed by atoms with van der Waals surface area (Å²) in [5.41, 5.74) is 6.44. The number of fused-ring (bicyclic) bond motifs is 8. The fourth-order valence-electron chi connectivity index (χ4n) is 9.71. The van der Waals surface area contributed by atoms with Crippen LogP contribution in [0.15, 0.2) is 144 Å². The van der Waals surface area contributed by atoms with Crippen molar-refractivity contribution in [2.75, 3.05) is 52.4 Å². The second-order valence-corrected chi connectivity index (χ2v) is 19.4. The summed E-state index contributed by atoms with van der Waals surface area (Å²) in [6.45, 7) is 9.00. The van der Waals surface area contributed by atoms with Gasteiger partial charge in [-0.1, -0.05) is 147 Å². The van der Waals surface area contributed by atoms with Gasteiger partial charge in [0.05, 0.1) is 0 Å². The summed E-state index contributed by atoms with van der Waals surface area (Å²) in [5.74, 6) is 0. The molecular weight excluding hydrogens is 777 g/mol. The van der Waals surface area contributed by atoms with Crippen molar-refractivity contribution in [1.82, 2.24) is 19.6 Å². The minimum absolute atomic E-state index is 1.12. The van der Waals surface area contributed by atoms with Crippen LogP contribution in [0, 0.1) is 0 Å². The van der Waals surface area contributed by atoms with Gasteiger partial charge in [0.25, 0.3) is 0 Å². The first-order chi connectivity index (χ1) is 31.8. The van der Waals surface area contributed by atoms with E-state index < -0.39 is 0 Å². The summed E-state index contributed by atoms with van der Waals surface area (Å²) in [7, 11) is 0. The van der Waals surface area contributed by atoms with Crippen molar-refractivity contribution in [3.05, 3.63) is 144 Å². The predicted molar refractivity (Wildman–Crippen MR) is 281 cm³/mol. The molecule has 0 amide bonds. The fourth-order valence-corrected chi connectivity index (χ4v) is 9.71. The van der Waals surface area contributed by atoms with E-state index in [2.05, 4.69) is 142 Å². The quantitative estimate of drug-likeness (QED) is 0.225. The molecule has 5 rings (SSSR count). The molecule has 0 unspecified atom stereocenters. The van der Waals surface area contributed by atoms with E-state index in [1.807, 2.05) is 0 Å². The average molecular weight is 869 g/mol. The lowest BCUT2D eigenvalue weighted by atomic mass is 10.0. The molecule has 0 N–H and O–H groups in total. The Hall–Kier alpha value is -3.92. The van der Waals surface area contributed by atoms with Crippen LogP contribution in [0.5, 0.6) is 0 Å². The number of hydrogen-bond acceptors (Lipinski definition) is 4. The lowest BCUT2D eigenvalue weighted by molar-refractivity contribution is 0.401. The molecule has 5 heterocycles. The Bertz CT molecular complexity index is 1380. The number of rotatable bonds is 0. The molecule has 5 aliphatic heterocycles. The zero-order valence-corrected chi connectivity index (χ0v) is 40.8. The van der Waals surface area contributed by atoms with Crippen LogP contribution in [0.2, 0.25) is 0 Å². The maximum absolute atomic E-state index is 2.52. The van der Waals surface area contributed by atoms with E-state index >= 15 is 0 Å². The first kappa shape index (κ1) is 51.1. The summed E-state index contributed by atoms with van der Waals surface area (Å²) >= 11 is 0. The van der Waals surface area contributed by atoms with Gasteiger partial charge in [-0.3, -0.25) is 0 Å². The molecule has 0 radical (unpaired) electrons. The third-order valence-electron chi connectivity index (χ3n) is 13.6. The zero-order valence-electron chi connectivity index (χ0n) is 40.8. The van der Waals surface area contributed by atoms with Crippen LogP contribution in [0.1, 0.15) is 180 Å². The first-order valence-electron chi connectivity index (χ1n) is 26.8. The minimum atomic E-state index is 1.12. The highest BCUT2D eigenvalue weighted by atomic mass is 15.1. The molecule has 0 aromatic carbocycles. The van der Waals surface area contributed by atoms with E-state index in [0.29, 0.717) is 0 Å². The van der Waals surface area contributed by atoms with Crippen molar-refractivity contribution < 1.29 is 0 Å². The molecule has 5 aliphatic rings. The van der Waals surface area contributed by atoms with Crippen LogP contribution in [-0.2, 0) is 0 Å². The lowest BCUT2D eigenvalue weighted by Gasteiger charge is -2.24. The van der Waals surface area contributed by atoms with Gasteiger partial charge in [-0.15, -0.1) is 0 Å². The molecule has 0 spiro atoms. The van der Waals surface area contributed by atoms with E-state index in [1.54, 1.807) is 22.3 Å². The van der Waals surface area contributed by atoms with E-state index in [1.165, 1.54) is 154 Å². The number of allylic oxidation sites excluding steroid dienone is 12. The molecule has 0 atom stereocenters. The standard InChI is InChI=1S/C60H92N4/c1-5-13-21-29-45-61-49-34-42-58(54-61)38-26-18-10-3-7-15-23-31-47-63-51-36-44-60(56-63)40-28-20-12-4-8-16-24-32-48-64-52-35-43-59(55-64)39-27-19-11-2-6-14-22-30-46-62-50-33-41-57(53-62)37-25-17-9-1/h13-16,21-24,33-36,41-44,49-52H,1-12,17-20,25-32,37-40,45-48,53-56H2. The van der Waals surface area contributed by atoms with Crippen LogP contribution >= 0.6 is 0 Å². The third-order valence-corrected chi connectivity index (χ3v) is 13.6. The SMILES string of the molecule is C1=CN2CCC=CCCCCCCC3=CC=CN(CCC=CCCCCCCC4=CC=CN(CCC=CCCCCCCC5=CC=CN(CCC=CCCCCCCC(=C1)C2)C5)C4)C3. The Kier molecular flexibility index (Phi) is 27.5. The van der Waals surface area contributed by atoms with Gasteiger partial charge in [0.15, 0.2) is 0 Å². The smallest absolute Gasteiger partial charge is 0.0386 e. The average Bonchev–Trinajstić information content (AvgIpc) is 3.31. The highest BCUT2D eigenvalue weighted by molar-refractivity contribution is 5.21. The molecular formula is C60H92N4. The fraction of sp³-hybridized carbons (Fsp3) is 0.600. The molecule has 0 aromatic rings. The van der Waals surface area contributed by atoms with E-state index in [-0.39, 0.29) is 0 Å².